The highest BCUT2D eigenvalue weighted by Gasteiger charge is 2.54. The van der Waals surface area contributed by atoms with Crippen molar-refractivity contribution in [2.45, 2.75) is 44.6 Å². The Bertz CT molecular complexity index is 473. The number of aromatic hydroxyl groups is 1. The first-order chi connectivity index (χ1) is 9.68. The first-order valence-electron chi connectivity index (χ1n) is 8.00. The van der Waals surface area contributed by atoms with E-state index in [0.29, 0.717) is 11.2 Å². The molecule has 0 amide bonds. The Hall–Kier alpha value is -1.02. The van der Waals surface area contributed by atoms with Gasteiger partial charge in [-0.15, -0.1) is 0 Å². The summed E-state index contributed by atoms with van der Waals surface area (Å²) in [6.07, 6.45) is 8.50. The first-order valence-corrected chi connectivity index (χ1v) is 8.00. The second kappa shape index (κ2) is 4.49. The van der Waals surface area contributed by atoms with Crippen molar-refractivity contribution >= 4 is 0 Å². The fourth-order valence-electron chi connectivity index (χ4n) is 5.93. The summed E-state index contributed by atoms with van der Waals surface area (Å²) in [7, 11) is 1.84. The lowest BCUT2D eigenvalue weighted by Gasteiger charge is -2.59. The highest BCUT2D eigenvalue weighted by atomic mass is 16.5. The molecule has 20 heavy (non-hydrogen) atoms. The van der Waals surface area contributed by atoms with Gasteiger partial charge in [0.05, 0.1) is 6.10 Å². The van der Waals surface area contributed by atoms with Crippen molar-refractivity contribution in [1.82, 2.24) is 0 Å². The molecular formula is C18H24O2. The van der Waals surface area contributed by atoms with Crippen LogP contribution < -0.4 is 0 Å². The molecule has 0 spiro atoms. The number of benzene rings is 1. The third kappa shape index (κ3) is 1.88. The molecule has 1 unspecified atom stereocenters. The number of phenols is 1. The summed E-state index contributed by atoms with van der Waals surface area (Å²) in [5.41, 5.74) is 1.49. The molecule has 108 valence electrons. The van der Waals surface area contributed by atoms with Gasteiger partial charge in [0.25, 0.3) is 0 Å². The van der Waals surface area contributed by atoms with Crippen LogP contribution in [0.15, 0.2) is 24.3 Å². The van der Waals surface area contributed by atoms with E-state index in [0.717, 1.165) is 23.3 Å². The maximum atomic E-state index is 9.78. The van der Waals surface area contributed by atoms with Gasteiger partial charge >= 0.3 is 0 Å². The monoisotopic (exact) mass is 272 g/mol. The molecule has 0 saturated heterocycles. The van der Waals surface area contributed by atoms with Crippen LogP contribution in [0.1, 0.15) is 50.2 Å². The normalized spacial score (nSPS) is 40.0. The highest BCUT2D eigenvalue weighted by molar-refractivity contribution is 5.30. The van der Waals surface area contributed by atoms with E-state index >= 15 is 0 Å². The smallest absolute Gasteiger partial charge is 0.115 e. The molecule has 0 aromatic heterocycles. The summed E-state index contributed by atoms with van der Waals surface area (Å²) >= 11 is 0. The molecule has 4 saturated carbocycles. The Labute approximate surface area is 121 Å². The molecule has 4 aliphatic carbocycles. The Morgan fingerprint density at radius 2 is 1.70 bits per heavy atom. The lowest BCUT2D eigenvalue weighted by molar-refractivity contribution is -0.134. The van der Waals surface area contributed by atoms with Crippen LogP contribution in [0.3, 0.4) is 0 Å². The van der Waals surface area contributed by atoms with Gasteiger partial charge in [-0.05, 0) is 74.0 Å². The molecule has 1 N–H and O–H groups in total. The van der Waals surface area contributed by atoms with Gasteiger partial charge in [0.2, 0.25) is 0 Å². The molecule has 0 heterocycles. The molecule has 2 nitrogen and oxygen atoms in total. The predicted molar refractivity (Wildman–Crippen MR) is 78.5 cm³/mol. The molecule has 2 heteroatoms. The Balaban J connectivity index is 1.70. The zero-order valence-corrected chi connectivity index (χ0v) is 12.2. The lowest BCUT2D eigenvalue weighted by Crippen LogP contribution is -2.49. The summed E-state index contributed by atoms with van der Waals surface area (Å²) in [6, 6.07) is 7.70. The van der Waals surface area contributed by atoms with Crippen LogP contribution in [0, 0.1) is 23.2 Å². The second-order valence-electron chi connectivity index (χ2n) is 7.49. The van der Waals surface area contributed by atoms with E-state index in [-0.39, 0.29) is 6.10 Å². The summed E-state index contributed by atoms with van der Waals surface area (Å²) in [5, 5.41) is 9.78. The molecular weight excluding hydrogens is 248 g/mol. The average molecular weight is 272 g/mol. The Kier molecular flexibility index (Phi) is 2.85. The lowest BCUT2D eigenvalue weighted by atomic mass is 9.47. The predicted octanol–water partition coefficient (Wildman–Crippen LogP) is 4.30. The minimum absolute atomic E-state index is 0.156. The molecule has 1 aromatic carbocycles. The molecule has 5 rings (SSSR count). The van der Waals surface area contributed by atoms with Crippen LogP contribution in [0.25, 0.3) is 0 Å². The maximum absolute atomic E-state index is 9.78. The van der Waals surface area contributed by atoms with Crippen LogP contribution >= 0.6 is 0 Å². The van der Waals surface area contributed by atoms with E-state index < -0.39 is 0 Å². The van der Waals surface area contributed by atoms with Crippen LogP contribution in [-0.4, -0.2) is 12.2 Å². The van der Waals surface area contributed by atoms with Crippen LogP contribution in [0.5, 0.6) is 5.75 Å². The van der Waals surface area contributed by atoms with E-state index in [4.69, 9.17) is 4.74 Å². The zero-order valence-electron chi connectivity index (χ0n) is 12.2. The fraction of sp³-hybridized carbons (Fsp3) is 0.667. The summed E-state index contributed by atoms with van der Waals surface area (Å²) in [4.78, 5) is 0. The number of phenolic OH excluding ortho intramolecular Hbond substituents is 1. The zero-order chi connectivity index (χ0) is 13.7. The van der Waals surface area contributed by atoms with E-state index in [2.05, 4.69) is 6.07 Å². The molecule has 4 bridgehead atoms. The van der Waals surface area contributed by atoms with Crippen molar-refractivity contribution < 1.29 is 9.84 Å². The van der Waals surface area contributed by atoms with Gasteiger partial charge in [0.15, 0.2) is 0 Å². The van der Waals surface area contributed by atoms with Gasteiger partial charge in [0, 0.05) is 12.5 Å². The van der Waals surface area contributed by atoms with Crippen LogP contribution in [-0.2, 0) is 4.74 Å². The van der Waals surface area contributed by atoms with Crippen molar-refractivity contribution in [2.75, 3.05) is 7.11 Å². The number of rotatable bonds is 3. The van der Waals surface area contributed by atoms with Crippen molar-refractivity contribution in [3.8, 4) is 5.75 Å². The summed E-state index contributed by atoms with van der Waals surface area (Å²) < 4.78 is 5.97. The molecule has 4 aliphatic rings. The Morgan fingerprint density at radius 1 is 1.10 bits per heavy atom. The number of methoxy groups -OCH3 is 1. The summed E-state index contributed by atoms with van der Waals surface area (Å²) in [5.74, 6) is 3.14. The SMILES string of the molecule is COC(c1cccc(O)c1)C12CC3CC(CC(C3)C1)C2. The number of hydrogen-bond acceptors (Lipinski definition) is 2. The van der Waals surface area contributed by atoms with Gasteiger partial charge in [-0.3, -0.25) is 0 Å². The van der Waals surface area contributed by atoms with E-state index in [9.17, 15) is 5.11 Å². The minimum atomic E-state index is 0.156. The summed E-state index contributed by atoms with van der Waals surface area (Å²) in [6.45, 7) is 0. The molecule has 1 atom stereocenters. The van der Waals surface area contributed by atoms with E-state index in [1.807, 2.05) is 19.2 Å². The van der Waals surface area contributed by atoms with Crippen molar-refractivity contribution in [1.29, 1.82) is 0 Å². The third-order valence-electron chi connectivity index (χ3n) is 6.05. The number of hydrogen-bond donors (Lipinski definition) is 1. The van der Waals surface area contributed by atoms with E-state index in [1.54, 1.807) is 6.07 Å². The Morgan fingerprint density at radius 3 is 2.20 bits per heavy atom. The molecule has 0 aliphatic heterocycles. The molecule has 1 aromatic rings. The standard InChI is InChI=1S/C18H24O2/c1-20-17(15-3-2-4-16(19)8-15)18-9-12-5-13(10-18)7-14(6-12)11-18/h2-4,8,12-14,17,19H,5-7,9-11H2,1H3. The maximum Gasteiger partial charge on any atom is 0.115 e. The van der Waals surface area contributed by atoms with Crippen molar-refractivity contribution in [3.05, 3.63) is 29.8 Å². The largest absolute Gasteiger partial charge is 0.508 e. The number of ether oxygens (including phenoxy) is 1. The third-order valence-corrected chi connectivity index (χ3v) is 6.05. The van der Waals surface area contributed by atoms with Gasteiger partial charge in [0.1, 0.15) is 5.75 Å². The quantitative estimate of drug-likeness (QED) is 0.889. The van der Waals surface area contributed by atoms with Gasteiger partial charge in [-0.2, -0.15) is 0 Å². The topological polar surface area (TPSA) is 29.5 Å². The van der Waals surface area contributed by atoms with Gasteiger partial charge < -0.3 is 9.84 Å². The fourth-order valence-corrected chi connectivity index (χ4v) is 5.93. The highest BCUT2D eigenvalue weighted by Crippen LogP contribution is 2.64. The average Bonchev–Trinajstić information content (AvgIpc) is 2.37. The van der Waals surface area contributed by atoms with Crippen molar-refractivity contribution in [3.63, 3.8) is 0 Å². The second-order valence-corrected chi connectivity index (χ2v) is 7.49. The van der Waals surface area contributed by atoms with Gasteiger partial charge in [-0.25, -0.2) is 0 Å². The molecule has 4 fully saturated rings. The van der Waals surface area contributed by atoms with Crippen LogP contribution in [0.2, 0.25) is 0 Å². The minimum Gasteiger partial charge on any atom is -0.508 e. The van der Waals surface area contributed by atoms with Crippen LogP contribution in [0.4, 0.5) is 0 Å². The van der Waals surface area contributed by atoms with E-state index in [1.165, 1.54) is 38.5 Å². The van der Waals surface area contributed by atoms with Crippen molar-refractivity contribution in [2.24, 2.45) is 23.2 Å². The first kappa shape index (κ1) is 12.7. The van der Waals surface area contributed by atoms with Gasteiger partial charge in [-0.1, -0.05) is 12.1 Å². The molecule has 0 radical (unpaired) electrons.